The Morgan fingerprint density at radius 1 is 0.921 bits per heavy atom. The Morgan fingerprint density at radius 3 is 2.05 bits per heavy atom. The first kappa shape index (κ1) is 27.5. The summed E-state index contributed by atoms with van der Waals surface area (Å²) in [6.45, 7) is 6.20. The lowest BCUT2D eigenvalue weighted by molar-refractivity contribution is -0.384. The second-order valence-corrected chi connectivity index (χ2v) is 9.74. The van der Waals surface area contributed by atoms with E-state index < -0.39 is 22.7 Å². The molecule has 0 bridgehead atoms. The van der Waals surface area contributed by atoms with Gasteiger partial charge in [-0.25, -0.2) is 4.79 Å². The number of aromatic carboxylic acids is 1. The highest BCUT2D eigenvalue weighted by Gasteiger charge is 2.23. The molecule has 0 radical (unpaired) electrons. The molecule has 0 atom stereocenters. The van der Waals surface area contributed by atoms with Gasteiger partial charge in [-0.15, -0.1) is 0 Å². The normalized spacial score (nSPS) is 10.9. The van der Waals surface area contributed by atoms with Crippen molar-refractivity contribution < 1.29 is 24.4 Å². The molecular formula is C27H27N5O6. The number of rotatable bonds is 8. The van der Waals surface area contributed by atoms with Gasteiger partial charge in [0.1, 0.15) is 5.84 Å². The van der Waals surface area contributed by atoms with Crippen LogP contribution in [0.1, 0.15) is 57.4 Å². The Hall–Kier alpha value is -5.06. The number of nitro benzene ring substituents is 1. The van der Waals surface area contributed by atoms with Crippen molar-refractivity contribution in [1.29, 1.82) is 5.41 Å². The molecule has 0 heterocycles. The highest BCUT2D eigenvalue weighted by molar-refractivity contribution is 6.11. The molecule has 3 rings (SSSR count). The van der Waals surface area contributed by atoms with Gasteiger partial charge < -0.3 is 21.5 Å². The van der Waals surface area contributed by atoms with Crippen LogP contribution in [-0.2, 0) is 0 Å². The largest absolute Gasteiger partial charge is 0.478 e. The Bertz CT molecular complexity index is 1440. The predicted molar refractivity (Wildman–Crippen MR) is 143 cm³/mol. The van der Waals surface area contributed by atoms with Crippen LogP contribution >= 0.6 is 0 Å². The van der Waals surface area contributed by atoms with Crippen molar-refractivity contribution in [2.45, 2.75) is 20.8 Å². The molecule has 2 amide bonds. The van der Waals surface area contributed by atoms with Gasteiger partial charge in [0.2, 0.25) is 0 Å². The minimum Gasteiger partial charge on any atom is -0.478 e. The molecule has 0 saturated carbocycles. The summed E-state index contributed by atoms with van der Waals surface area (Å²) in [4.78, 5) is 48.7. The van der Waals surface area contributed by atoms with Crippen molar-refractivity contribution in [1.82, 2.24) is 5.32 Å². The summed E-state index contributed by atoms with van der Waals surface area (Å²) >= 11 is 0. The molecule has 0 spiro atoms. The van der Waals surface area contributed by atoms with Gasteiger partial charge in [-0.2, -0.15) is 0 Å². The van der Waals surface area contributed by atoms with Crippen LogP contribution in [0.4, 0.5) is 11.4 Å². The lowest BCUT2D eigenvalue weighted by Gasteiger charge is -2.19. The Morgan fingerprint density at radius 2 is 1.50 bits per heavy atom. The fourth-order valence-electron chi connectivity index (χ4n) is 3.54. The number of nitrogens with one attached hydrogen (secondary N) is 3. The van der Waals surface area contributed by atoms with Gasteiger partial charge in [0.15, 0.2) is 0 Å². The van der Waals surface area contributed by atoms with E-state index in [4.69, 9.17) is 11.1 Å². The number of amidine groups is 1. The quantitative estimate of drug-likeness (QED) is 0.128. The fourth-order valence-corrected chi connectivity index (χ4v) is 3.54. The number of carboxylic acids is 1. The van der Waals surface area contributed by atoms with Crippen LogP contribution in [0.2, 0.25) is 0 Å². The minimum atomic E-state index is -1.34. The highest BCUT2D eigenvalue weighted by Crippen LogP contribution is 2.32. The van der Waals surface area contributed by atoms with Crippen LogP contribution in [0, 0.1) is 20.9 Å². The summed E-state index contributed by atoms with van der Waals surface area (Å²) < 4.78 is 0. The summed E-state index contributed by atoms with van der Waals surface area (Å²) in [5.41, 5.74) is 5.66. The monoisotopic (exact) mass is 517 g/mol. The van der Waals surface area contributed by atoms with Crippen molar-refractivity contribution in [2.75, 3.05) is 11.9 Å². The maximum Gasteiger partial charge on any atom is 0.336 e. The van der Waals surface area contributed by atoms with Crippen LogP contribution < -0.4 is 16.4 Å². The number of nitrogens with two attached hydrogens (primary N) is 1. The Kier molecular flexibility index (Phi) is 7.90. The first-order valence-electron chi connectivity index (χ1n) is 11.5. The lowest BCUT2D eigenvalue weighted by atomic mass is 9.92. The van der Waals surface area contributed by atoms with E-state index in [1.165, 1.54) is 54.6 Å². The zero-order chi connectivity index (χ0) is 28.2. The van der Waals surface area contributed by atoms with Crippen molar-refractivity contribution in [3.63, 3.8) is 0 Å². The number of non-ortho nitro benzene ring substituents is 1. The van der Waals surface area contributed by atoms with Crippen LogP contribution in [0.15, 0.2) is 60.7 Å². The average molecular weight is 518 g/mol. The molecule has 0 aliphatic rings. The van der Waals surface area contributed by atoms with Crippen molar-refractivity contribution in [3.05, 3.63) is 93.0 Å². The second kappa shape index (κ2) is 10.9. The fraction of sp³-hybridized carbons (Fsp3) is 0.185. The highest BCUT2D eigenvalue weighted by atomic mass is 16.6. The number of amides is 2. The molecule has 38 heavy (non-hydrogen) atoms. The van der Waals surface area contributed by atoms with E-state index >= 15 is 0 Å². The molecule has 11 nitrogen and oxygen atoms in total. The number of carbonyl (C=O) groups excluding carboxylic acids is 2. The van der Waals surface area contributed by atoms with Gasteiger partial charge >= 0.3 is 5.97 Å². The van der Waals surface area contributed by atoms with Gasteiger partial charge in [0, 0.05) is 35.5 Å². The average Bonchev–Trinajstić information content (AvgIpc) is 2.86. The number of benzene rings is 3. The summed E-state index contributed by atoms with van der Waals surface area (Å²) in [5, 5.41) is 34.2. The van der Waals surface area contributed by atoms with Crippen LogP contribution in [0.25, 0.3) is 11.1 Å². The number of hydrogen-bond donors (Lipinski definition) is 5. The first-order chi connectivity index (χ1) is 17.8. The molecule has 0 aliphatic carbocycles. The molecule has 0 saturated heterocycles. The van der Waals surface area contributed by atoms with Crippen molar-refractivity contribution in [2.24, 2.45) is 11.1 Å². The summed E-state index contributed by atoms with van der Waals surface area (Å²) in [5.74, 6) is -2.66. The molecule has 0 aromatic heterocycles. The predicted octanol–water partition coefficient (Wildman–Crippen LogP) is 4.27. The third kappa shape index (κ3) is 6.58. The molecule has 3 aromatic carbocycles. The third-order valence-corrected chi connectivity index (χ3v) is 5.49. The van der Waals surface area contributed by atoms with E-state index in [2.05, 4.69) is 10.6 Å². The number of hydrogen-bond acceptors (Lipinski definition) is 6. The third-order valence-electron chi connectivity index (χ3n) is 5.49. The van der Waals surface area contributed by atoms with E-state index in [0.29, 0.717) is 17.8 Å². The zero-order valence-corrected chi connectivity index (χ0v) is 21.0. The summed E-state index contributed by atoms with van der Waals surface area (Å²) in [7, 11) is 0. The molecule has 3 aromatic rings. The zero-order valence-electron chi connectivity index (χ0n) is 21.0. The number of carbonyl (C=O) groups is 3. The van der Waals surface area contributed by atoms with Crippen molar-refractivity contribution in [3.8, 4) is 11.1 Å². The SMILES string of the molecule is CC(C)(C)CNC(=O)c1ccc(-c2ccc([N+](=O)[O-])cc2C(=O)Nc2ccc(C(=N)N)cc2)c(C(=O)O)c1. The number of anilines is 1. The number of nitro groups is 1. The van der Waals surface area contributed by atoms with E-state index in [1.54, 1.807) is 0 Å². The van der Waals surface area contributed by atoms with Gasteiger partial charge in [-0.05, 0) is 59.0 Å². The number of nitrogen functional groups attached to an aromatic ring is 1. The summed E-state index contributed by atoms with van der Waals surface area (Å²) in [6.07, 6.45) is 0. The molecular weight excluding hydrogens is 490 g/mol. The van der Waals surface area contributed by atoms with Crippen LogP contribution in [-0.4, -0.2) is 40.2 Å². The van der Waals surface area contributed by atoms with Crippen LogP contribution in [0.3, 0.4) is 0 Å². The molecule has 11 heteroatoms. The molecule has 6 N–H and O–H groups in total. The van der Waals surface area contributed by atoms with Crippen LogP contribution in [0.5, 0.6) is 0 Å². The van der Waals surface area contributed by atoms with E-state index in [1.807, 2.05) is 20.8 Å². The molecule has 0 unspecified atom stereocenters. The standard InChI is InChI=1S/C27H27N5O6/c1-27(2,3)14-30-24(33)16-6-10-20(22(12-16)26(35)36)19-11-9-18(32(37)38)13-21(19)25(34)31-17-7-4-15(5-8-17)23(28)29/h4-13H,14H2,1-3H3,(H3,28,29)(H,30,33)(H,31,34)(H,35,36). The molecule has 196 valence electrons. The van der Waals surface area contributed by atoms with Gasteiger partial charge in [0.25, 0.3) is 17.5 Å². The van der Waals surface area contributed by atoms with Gasteiger partial charge in [0.05, 0.1) is 16.1 Å². The number of nitrogens with zero attached hydrogens (tertiary/aromatic N) is 1. The molecule has 0 aliphatic heterocycles. The van der Waals surface area contributed by atoms with E-state index in [9.17, 15) is 29.6 Å². The maximum absolute atomic E-state index is 13.2. The maximum atomic E-state index is 13.2. The Labute approximate surface area is 218 Å². The van der Waals surface area contributed by atoms with Gasteiger partial charge in [-0.1, -0.05) is 26.8 Å². The number of carboxylic acid groups (broad SMARTS) is 1. The van der Waals surface area contributed by atoms with Gasteiger partial charge in [-0.3, -0.25) is 25.1 Å². The lowest BCUT2D eigenvalue weighted by Crippen LogP contribution is -2.32. The summed E-state index contributed by atoms with van der Waals surface area (Å²) in [6, 6.07) is 13.6. The van der Waals surface area contributed by atoms with Crippen molar-refractivity contribution >= 4 is 35.0 Å². The second-order valence-electron chi connectivity index (χ2n) is 9.74. The first-order valence-corrected chi connectivity index (χ1v) is 11.5. The van der Waals surface area contributed by atoms with E-state index in [-0.39, 0.29) is 44.8 Å². The molecule has 0 fully saturated rings. The topological polar surface area (TPSA) is 189 Å². The smallest absolute Gasteiger partial charge is 0.336 e. The Balaban J connectivity index is 2.05. The van der Waals surface area contributed by atoms with E-state index in [0.717, 1.165) is 6.07 Å². The minimum absolute atomic E-state index is 0.108.